The Hall–Kier alpha value is -1.46. The molecule has 0 spiro atoms. The number of benzene rings is 1. The molecule has 0 amide bonds. The van der Waals surface area contributed by atoms with Gasteiger partial charge in [0.1, 0.15) is 6.07 Å². The van der Waals surface area contributed by atoms with Gasteiger partial charge in [-0.15, -0.1) is 0 Å². The number of nitriles is 1. The molecule has 1 aromatic rings. The molecule has 1 aliphatic heterocycles. The summed E-state index contributed by atoms with van der Waals surface area (Å²) in [5.74, 6) is 0. The second-order valence-electron chi connectivity index (χ2n) is 4.48. The van der Waals surface area contributed by atoms with Crippen LogP contribution >= 0.6 is 0 Å². The van der Waals surface area contributed by atoms with Gasteiger partial charge in [0.15, 0.2) is 0 Å². The molecule has 0 bridgehead atoms. The molecule has 108 valence electrons. The first kappa shape index (κ1) is 14.9. The first-order valence-electron chi connectivity index (χ1n) is 6.09. The zero-order valence-corrected chi connectivity index (χ0v) is 12.1. The molecule has 6 nitrogen and oxygen atoms in total. The topological polar surface area (TPSA) is 79.6 Å². The lowest BCUT2D eigenvalue weighted by atomic mass is 10.2. The van der Waals surface area contributed by atoms with Gasteiger partial charge in [0, 0.05) is 27.3 Å². The zero-order valence-electron chi connectivity index (χ0n) is 11.3. The van der Waals surface area contributed by atoms with Crippen LogP contribution in [0.1, 0.15) is 5.56 Å². The summed E-state index contributed by atoms with van der Waals surface area (Å²) in [6.45, 7) is 0.439. The van der Waals surface area contributed by atoms with Gasteiger partial charge in [0.05, 0.1) is 22.7 Å². The van der Waals surface area contributed by atoms with E-state index in [1.165, 1.54) is 30.7 Å². The summed E-state index contributed by atoms with van der Waals surface area (Å²) in [4.78, 5) is 0.0223. The summed E-state index contributed by atoms with van der Waals surface area (Å²) in [6.07, 6.45) is -0.604. The molecule has 1 aromatic carbocycles. The van der Waals surface area contributed by atoms with Crippen molar-refractivity contribution in [2.75, 3.05) is 27.3 Å². The quantitative estimate of drug-likeness (QED) is 0.812. The normalized spacial score (nSPS) is 23.6. The maximum atomic E-state index is 12.6. The molecule has 2 unspecified atom stereocenters. The number of sulfonamides is 1. The number of ether oxygens (including phenoxy) is 2. The molecule has 1 aliphatic rings. The molecule has 1 heterocycles. The lowest BCUT2D eigenvalue weighted by Gasteiger charge is -2.16. The first-order valence-corrected chi connectivity index (χ1v) is 7.53. The molecule has 0 N–H and O–H groups in total. The van der Waals surface area contributed by atoms with E-state index >= 15 is 0 Å². The summed E-state index contributed by atoms with van der Waals surface area (Å²) in [6, 6.07) is 8.08. The van der Waals surface area contributed by atoms with Gasteiger partial charge >= 0.3 is 0 Å². The molecular weight excluding hydrogens is 280 g/mol. The summed E-state index contributed by atoms with van der Waals surface area (Å²) in [5, 5.41) is 9.04. The number of nitrogens with zero attached hydrogens (tertiary/aromatic N) is 2. The molecule has 2 rings (SSSR count). The fourth-order valence-electron chi connectivity index (χ4n) is 2.28. The molecule has 0 saturated carbocycles. The van der Waals surface area contributed by atoms with Crippen LogP contribution < -0.4 is 0 Å². The highest BCUT2D eigenvalue weighted by atomic mass is 32.2. The predicted octanol–water partition coefficient (Wildman–Crippen LogP) is 0.593. The van der Waals surface area contributed by atoms with Gasteiger partial charge in [-0.05, 0) is 12.1 Å². The largest absolute Gasteiger partial charge is 0.377 e. The highest BCUT2D eigenvalue weighted by molar-refractivity contribution is 7.89. The second-order valence-corrected chi connectivity index (χ2v) is 6.38. The minimum Gasteiger partial charge on any atom is -0.377 e. The molecule has 0 aromatic heterocycles. The van der Waals surface area contributed by atoms with Gasteiger partial charge in [-0.1, -0.05) is 12.1 Å². The zero-order chi connectivity index (χ0) is 14.8. The molecule has 2 atom stereocenters. The number of rotatable bonds is 4. The van der Waals surface area contributed by atoms with Gasteiger partial charge in [-0.25, -0.2) is 8.42 Å². The van der Waals surface area contributed by atoms with E-state index in [0.29, 0.717) is 0 Å². The first-order chi connectivity index (χ1) is 9.54. The maximum absolute atomic E-state index is 12.6. The van der Waals surface area contributed by atoms with Gasteiger partial charge < -0.3 is 9.47 Å². The van der Waals surface area contributed by atoms with Crippen LogP contribution in [0.25, 0.3) is 0 Å². The van der Waals surface area contributed by atoms with E-state index in [4.69, 9.17) is 14.7 Å². The van der Waals surface area contributed by atoms with E-state index < -0.39 is 10.0 Å². The molecule has 1 fully saturated rings. The molecule has 0 radical (unpaired) electrons. The van der Waals surface area contributed by atoms with Crippen molar-refractivity contribution in [2.24, 2.45) is 0 Å². The summed E-state index contributed by atoms with van der Waals surface area (Å²) in [7, 11) is -0.669. The Labute approximate surface area is 118 Å². The molecule has 20 heavy (non-hydrogen) atoms. The SMILES string of the molecule is COC1CN(S(=O)(=O)c2ccccc2C#N)CC1OC. The summed E-state index contributed by atoms with van der Waals surface area (Å²) in [5.41, 5.74) is 0.141. The number of hydrogen-bond acceptors (Lipinski definition) is 5. The maximum Gasteiger partial charge on any atom is 0.244 e. The van der Waals surface area contributed by atoms with E-state index in [9.17, 15) is 8.42 Å². The van der Waals surface area contributed by atoms with Crippen molar-refractivity contribution < 1.29 is 17.9 Å². The fraction of sp³-hybridized carbons (Fsp3) is 0.462. The van der Waals surface area contributed by atoms with Crippen molar-refractivity contribution >= 4 is 10.0 Å². The predicted molar refractivity (Wildman–Crippen MR) is 71.5 cm³/mol. The minimum absolute atomic E-state index is 0.0223. The van der Waals surface area contributed by atoms with Gasteiger partial charge in [-0.3, -0.25) is 0 Å². The third-order valence-corrected chi connectivity index (χ3v) is 5.30. The Bertz CT molecular complexity index is 612. The van der Waals surface area contributed by atoms with Crippen LogP contribution in [0.4, 0.5) is 0 Å². The average molecular weight is 296 g/mol. The van der Waals surface area contributed by atoms with E-state index in [-0.39, 0.29) is 35.8 Å². The summed E-state index contributed by atoms with van der Waals surface area (Å²) < 4.78 is 37.0. The van der Waals surface area contributed by atoms with Crippen LogP contribution in [0, 0.1) is 11.3 Å². The van der Waals surface area contributed by atoms with E-state index in [1.54, 1.807) is 12.1 Å². The number of hydrogen-bond donors (Lipinski definition) is 0. The Balaban J connectivity index is 2.35. The number of methoxy groups -OCH3 is 2. The van der Waals surface area contributed by atoms with Crippen molar-refractivity contribution in [2.45, 2.75) is 17.1 Å². The Morgan fingerprint density at radius 2 is 1.75 bits per heavy atom. The smallest absolute Gasteiger partial charge is 0.244 e. The fourth-order valence-corrected chi connectivity index (χ4v) is 3.89. The van der Waals surface area contributed by atoms with Crippen LogP contribution in [0.2, 0.25) is 0 Å². The average Bonchev–Trinajstić information content (AvgIpc) is 2.91. The van der Waals surface area contributed by atoms with Crippen LogP contribution in [0.3, 0.4) is 0 Å². The van der Waals surface area contributed by atoms with Crippen molar-refractivity contribution in [3.63, 3.8) is 0 Å². The Kier molecular flexibility index (Phi) is 4.40. The van der Waals surface area contributed by atoms with Crippen LogP contribution in [-0.2, 0) is 19.5 Å². The Morgan fingerprint density at radius 1 is 1.20 bits per heavy atom. The molecule has 1 saturated heterocycles. The molecular formula is C13H16N2O4S. The van der Waals surface area contributed by atoms with Crippen molar-refractivity contribution in [1.29, 1.82) is 5.26 Å². The van der Waals surface area contributed by atoms with Crippen molar-refractivity contribution in [1.82, 2.24) is 4.31 Å². The van der Waals surface area contributed by atoms with Gasteiger partial charge in [-0.2, -0.15) is 9.57 Å². The van der Waals surface area contributed by atoms with E-state index in [0.717, 1.165) is 0 Å². The lowest BCUT2D eigenvalue weighted by Crippen LogP contribution is -2.30. The van der Waals surface area contributed by atoms with E-state index in [2.05, 4.69) is 0 Å². The standard InChI is InChI=1S/C13H16N2O4S/c1-18-11-8-15(9-12(11)19-2)20(16,17)13-6-4-3-5-10(13)7-14/h3-6,11-12H,8-9H2,1-2H3. The third kappa shape index (κ3) is 2.55. The summed E-state index contributed by atoms with van der Waals surface area (Å²) >= 11 is 0. The van der Waals surface area contributed by atoms with E-state index in [1.807, 2.05) is 6.07 Å². The highest BCUT2D eigenvalue weighted by Crippen LogP contribution is 2.25. The van der Waals surface area contributed by atoms with Crippen molar-refractivity contribution in [3.8, 4) is 6.07 Å². The van der Waals surface area contributed by atoms with Crippen molar-refractivity contribution in [3.05, 3.63) is 29.8 Å². The second kappa shape index (κ2) is 5.89. The highest BCUT2D eigenvalue weighted by Gasteiger charge is 2.40. The lowest BCUT2D eigenvalue weighted by molar-refractivity contribution is -0.00461. The Morgan fingerprint density at radius 3 is 2.25 bits per heavy atom. The third-order valence-electron chi connectivity index (χ3n) is 3.41. The van der Waals surface area contributed by atoms with Crippen LogP contribution in [0.5, 0.6) is 0 Å². The van der Waals surface area contributed by atoms with Crippen LogP contribution in [-0.4, -0.2) is 52.2 Å². The van der Waals surface area contributed by atoms with Gasteiger partial charge in [0.25, 0.3) is 0 Å². The minimum atomic E-state index is -3.72. The molecule has 7 heteroatoms. The van der Waals surface area contributed by atoms with Crippen LogP contribution in [0.15, 0.2) is 29.2 Å². The monoisotopic (exact) mass is 296 g/mol. The van der Waals surface area contributed by atoms with Gasteiger partial charge in [0.2, 0.25) is 10.0 Å². The molecule has 0 aliphatic carbocycles.